The Bertz CT molecular complexity index is 1090. The molecule has 0 aliphatic carbocycles. The number of ether oxygens (including phenoxy) is 2. The van der Waals surface area contributed by atoms with Crippen LogP contribution in [0.15, 0.2) is 73.1 Å². The second-order valence-corrected chi connectivity index (χ2v) is 7.16. The van der Waals surface area contributed by atoms with Crippen LogP contribution in [0.4, 0.5) is 5.69 Å². The van der Waals surface area contributed by atoms with E-state index in [1.54, 1.807) is 23.4 Å². The van der Waals surface area contributed by atoms with Gasteiger partial charge in [0.1, 0.15) is 12.6 Å². The molecule has 1 fully saturated rings. The molecular formula is C23H19N3O4. The lowest BCUT2D eigenvalue weighted by Gasteiger charge is -2.40. The van der Waals surface area contributed by atoms with Gasteiger partial charge >= 0.3 is 0 Å². The molecule has 2 amide bonds. The van der Waals surface area contributed by atoms with Crippen LogP contribution < -0.4 is 14.4 Å². The Morgan fingerprint density at radius 3 is 2.60 bits per heavy atom. The zero-order valence-electron chi connectivity index (χ0n) is 16.1. The Kier molecular flexibility index (Phi) is 4.55. The van der Waals surface area contributed by atoms with E-state index in [0.29, 0.717) is 22.7 Å². The number of carbonyl (C=O) groups excluding carboxylic acids is 2. The molecule has 0 spiro atoms. The van der Waals surface area contributed by atoms with Gasteiger partial charge in [-0.2, -0.15) is 0 Å². The number of pyridine rings is 1. The Morgan fingerprint density at radius 2 is 1.80 bits per heavy atom. The minimum atomic E-state index is -0.759. The zero-order valence-corrected chi connectivity index (χ0v) is 16.1. The number of benzene rings is 2. The summed E-state index contributed by atoms with van der Waals surface area (Å²) < 4.78 is 10.8. The van der Waals surface area contributed by atoms with E-state index >= 15 is 0 Å². The highest BCUT2D eigenvalue weighted by Gasteiger charge is 2.41. The largest absolute Gasteiger partial charge is 0.454 e. The number of aromatic nitrogens is 1. The summed E-state index contributed by atoms with van der Waals surface area (Å²) in [6.07, 6.45) is 3.28. The van der Waals surface area contributed by atoms with E-state index in [9.17, 15) is 9.59 Å². The number of anilines is 1. The molecule has 150 valence electrons. The highest BCUT2D eigenvalue weighted by molar-refractivity contribution is 6.06. The Hall–Kier alpha value is -3.87. The average Bonchev–Trinajstić information content (AvgIpc) is 3.25. The molecule has 5 rings (SSSR count). The lowest BCUT2D eigenvalue weighted by Crippen LogP contribution is -2.55. The van der Waals surface area contributed by atoms with Crippen molar-refractivity contribution in [1.29, 1.82) is 0 Å². The van der Waals surface area contributed by atoms with Gasteiger partial charge in [0.2, 0.25) is 12.7 Å². The summed E-state index contributed by atoms with van der Waals surface area (Å²) in [6.45, 7) is 0.456. The SMILES string of the molecule is O=C1C(c2cccnc2)N(Cc2ccc3c(c2)OCO3)C(=O)CN1c1ccccc1. The molecule has 0 N–H and O–H groups in total. The van der Waals surface area contributed by atoms with Crippen molar-refractivity contribution in [2.24, 2.45) is 0 Å². The smallest absolute Gasteiger partial charge is 0.254 e. The number of fused-ring (bicyclic) bond motifs is 1. The van der Waals surface area contributed by atoms with Crippen LogP contribution in [0.3, 0.4) is 0 Å². The van der Waals surface area contributed by atoms with E-state index in [2.05, 4.69) is 4.98 Å². The summed E-state index contributed by atoms with van der Waals surface area (Å²) in [4.78, 5) is 34.0. The topological polar surface area (TPSA) is 72.0 Å². The molecule has 2 aromatic carbocycles. The normalized spacial score (nSPS) is 18.1. The van der Waals surface area contributed by atoms with Crippen molar-refractivity contribution in [2.45, 2.75) is 12.6 Å². The number of amides is 2. The van der Waals surface area contributed by atoms with Gasteiger partial charge in [-0.3, -0.25) is 14.6 Å². The van der Waals surface area contributed by atoms with Crippen molar-refractivity contribution in [3.63, 3.8) is 0 Å². The molecular weight excluding hydrogens is 382 g/mol. The van der Waals surface area contributed by atoms with Crippen LogP contribution in [0.5, 0.6) is 11.5 Å². The second kappa shape index (κ2) is 7.51. The fourth-order valence-corrected chi connectivity index (χ4v) is 3.83. The van der Waals surface area contributed by atoms with Gasteiger partial charge < -0.3 is 19.3 Å². The minimum absolute atomic E-state index is 0.00976. The van der Waals surface area contributed by atoms with Gasteiger partial charge in [-0.15, -0.1) is 0 Å². The molecule has 7 heteroatoms. The van der Waals surface area contributed by atoms with Crippen molar-refractivity contribution in [3.8, 4) is 11.5 Å². The molecule has 1 unspecified atom stereocenters. The van der Waals surface area contributed by atoms with Crippen LogP contribution in [0.1, 0.15) is 17.2 Å². The molecule has 3 aromatic rings. The summed E-state index contributed by atoms with van der Waals surface area (Å²) in [7, 11) is 0. The highest BCUT2D eigenvalue weighted by Crippen LogP contribution is 2.35. The summed E-state index contributed by atoms with van der Waals surface area (Å²) in [5.41, 5.74) is 2.24. The maximum Gasteiger partial charge on any atom is 0.254 e. The quantitative estimate of drug-likeness (QED) is 0.672. The third kappa shape index (κ3) is 3.24. The monoisotopic (exact) mass is 401 g/mol. The number of carbonyl (C=O) groups is 2. The van der Waals surface area contributed by atoms with E-state index in [-0.39, 0.29) is 31.7 Å². The van der Waals surface area contributed by atoms with Crippen LogP contribution >= 0.6 is 0 Å². The van der Waals surface area contributed by atoms with Crippen molar-refractivity contribution in [3.05, 3.63) is 84.2 Å². The van der Waals surface area contributed by atoms with Crippen LogP contribution in [0.2, 0.25) is 0 Å². The summed E-state index contributed by atoms with van der Waals surface area (Å²) in [5, 5.41) is 0. The molecule has 1 saturated heterocycles. The second-order valence-electron chi connectivity index (χ2n) is 7.16. The first kappa shape index (κ1) is 18.2. The molecule has 0 radical (unpaired) electrons. The minimum Gasteiger partial charge on any atom is -0.454 e. The summed E-state index contributed by atoms with van der Waals surface area (Å²) >= 11 is 0. The highest BCUT2D eigenvalue weighted by atomic mass is 16.7. The Labute approximate surface area is 173 Å². The third-order valence-electron chi connectivity index (χ3n) is 5.28. The lowest BCUT2D eigenvalue weighted by molar-refractivity contribution is -0.144. The van der Waals surface area contributed by atoms with Crippen molar-refractivity contribution in [2.75, 3.05) is 18.2 Å². The fourth-order valence-electron chi connectivity index (χ4n) is 3.83. The summed E-state index contributed by atoms with van der Waals surface area (Å²) in [5.74, 6) is 1.03. The van der Waals surface area contributed by atoms with E-state index in [1.807, 2.05) is 54.6 Å². The number of rotatable bonds is 4. The number of hydrogen-bond donors (Lipinski definition) is 0. The van der Waals surface area contributed by atoms with Crippen molar-refractivity contribution >= 4 is 17.5 Å². The van der Waals surface area contributed by atoms with Gasteiger partial charge in [0.25, 0.3) is 5.91 Å². The van der Waals surface area contributed by atoms with E-state index in [0.717, 1.165) is 5.56 Å². The van der Waals surface area contributed by atoms with Gasteiger partial charge in [-0.25, -0.2) is 0 Å². The van der Waals surface area contributed by atoms with Gasteiger partial charge in [-0.05, 0) is 35.9 Å². The van der Waals surface area contributed by atoms with E-state index in [1.165, 1.54) is 4.90 Å². The molecule has 2 aliphatic rings. The van der Waals surface area contributed by atoms with Crippen LogP contribution in [0.25, 0.3) is 0 Å². The number of nitrogens with zero attached hydrogens (tertiary/aromatic N) is 3. The van der Waals surface area contributed by atoms with E-state index in [4.69, 9.17) is 9.47 Å². The molecule has 2 aliphatic heterocycles. The first-order valence-corrected chi connectivity index (χ1v) is 9.65. The van der Waals surface area contributed by atoms with Crippen LogP contribution in [-0.4, -0.2) is 35.0 Å². The predicted molar refractivity (Wildman–Crippen MR) is 109 cm³/mol. The maximum atomic E-state index is 13.5. The number of hydrogen-bond acceptors (Lipinski definition) is 5. The fraction of sp³-hybridized carbons (Fsp3) is 0.174. The number of piperazine rings is 1. The van der Waals surface area contributed by atoms with Crippen molar-refractivity contribution < 1.29 is 19.1 Å². The zero-order chi connectivity index (χ0) is 20.5. The van der Waals surface area contributed by atoms with Gasteiger partial charge in [0.15, 0.2) is 11.5 Å². The molecule has 7 nitrogen and oxygen atoms in total. The Balaban J connectivity index is 1.51. The van der Waals surface area contributed by atoms with Crippen molar-refractivity contribution in [1.82, 2.24) is 9.88 Å². The third-order valence-corrected chi connectivity index (χ3v) is 5.28. The molecule has 0 saturated carbocycles. The molecule has 3 heterocycles. The molecule has 1 atom stereocenters. The standard InChI is InChI=1S/C23H19N3O4/c27-21-14-25(18-6-2-1-3-7-18)23(28)22(17-5-4-10-24-12-17)26(21)13-16-8-9-19-20(11-16)30-15-29-19/h1-12,22H,13-15H2. The van der Waals surface area contributed by atoms with E-state index < -0.39 is 6.04 Å². The number of para-hydroxylation sites is 1. The lowest BCUT2D eigenvalue weighted by atomic mass is 10.0. The van der Waals surface area contributed by atoms with Gasteiger partial charge in [0.05, 0.1) is 0 Å². The first-order valence-electron chi connectivity index (χ1n) is 9.65. The predicted octanol–water partition coefficient (Wildman–Crippen LogP) is 2.93. The summed E-state index contributed by atoms with van der Waals surface area (Å²) in [6, 6.07) is 17.6. The Morgan fingerprint density at radius 1 is 0.967 bits per heavy atom. The van der Waals surface area contributed by atoms with Gasteiger partial charge in [-0.1, -0.05) is 30.3 Å². The van der Waals surface area contributed by atoms with Crippen LogP contribution in [-0.2, 0) is 16.1 Å². The average molecular weight is 401 g/mol. The molecule has 1 aromatic heterocycles. The van der Waals surface area contributed by atoms with Crippen LogP contribution in [0, 0.1) is 0 Å². The first-order chi connectivity index (χ1) is 14.7. The maximum absolute atomic E-state index is 13.5. The van der Waals surface area contributed by atoms with Gasteiger partial charge in [0, 0.05) is 30.2 Å². The molecule has 0 bridgehead atoms. The molecule has 30 heavy (non-hydrogen) atoms.